The van der Waals surface area contributed by atoms with E-state index >= 15 is 0 Å². The Labute approximate surface area is 137 Å². The lowest BCUT2D eigenvalue weighted by atomic mass is 9.99. The summed E-state index contributed by atoms with van der Waals surface area (Å²) in [5, 5.41) is 14.9. The van der Waals surface area contributed by atoms with Crippen LogP contribution in [-0.4, -0.2) is 42.3 Å². The van der Waals surface area contributed by atoms with Crippen molar-refractivity contribution >= 4 is 24.4 Å². The van der Waals surface area contributed by atoms with Crippen LogP contribution in [-0.2, 0) is 0 Å². The van der Waals surface area contributed by atoms with Crippen LogP contribution in [0.2, 0.25) is 0 Å². The molecule has 0 aromatic carbocycles. The molecule has 0 amide bonds. The molecule has 23 heavy (non-hydrogen) atoms. The van der Waals surface area contributed by atoms with Gasteiger partial charge >= 0.3 is 0 Å². The van der Waals surface area contributed by atoms with E-state index in [1.54, 1.807) is 36.7 Å². The molecular weight excluding hydrogens is 286 g/mol. The van der Waals surface area contributed by atoms with Crippen molar-refractivity contribution in [3.05, 3.63) is 60.1 Å². The van der Waals surface area contributed by atoms with Crippen LogP contribution in [0, 0.1) is 10.8 Å². The summed E-state index contributed by atoms with van der Waals surface area (Å²) in [5.41, 5.74) is 2.42. The number of hydrogen-bond donors (Lipinski definition) is 2. The van der Waals surface area contributed by atoms with E-state index in [9.17, 15) is 0 Å². The van der Waals surface area contributed by atoms with Crippen molar-refractivity contribution in [1.29, 1.82) is 10.8 Å². The topological polar surface area (TPSA) is 75.7 Å². The number of nitrogens with zero attached hydrogens (tertiary/aromatic N) is 3. The molecule has 1 aliphatic rings. The summed E-state index contributed by atoms with van der Waals surface area (Å²) in [4.78, 5) is 10.6. The maximum absolute atomic E-state index is 7.65. The summed E-state index contributed by atoms with van der Waals surface area (Å²) in [5.74, 6) is 0.692. The molecule has 0 spiro atoms. The van der Waals surface area contributed by atoms with Gasteiger partial charge in [-0.2, -0.15) is 0 Å². The molecule has 5 nitrogen and oxygen atoms in total. The van der Waals surface area contributed by atoms with Crippen molar-refractivity contribution in [3.63, 3.8) is 0 Å². The van der Waals surface area contributed by atoms with Crippen LogP contribution >= 0.6 is 0 Å². The fourth-order valence-electron chi connectivity index (χ4n) is 1.95. The molecule has 0 saturated heterocycles. The van der Waals surface area contributed by atoms with E-state index < -0.39 is 0 Å². The molecule has 120 valence electrons. The Kier molecular flexibility index (Phi) is 7.33. The smallest absolute Gasteiger partial charge is 0.121 e. The molecule has 0 heterocycles. The van der Waals surface area contributed by atoms with E-state index in [0.717, 1.165) is 18.7 Å². The average molecular weight is 309 g/mol. The summed E-state index contributed by atoms with van der Waals surface area (Å²) in [7, 11) is 0. The summed E-state index contributed by atoms with van der Waals surface area (Å²) < 4.78 is 0. The first-order valence-electron chi connectivity index (χ1n) is 7.42. The molecule has 0 fully saturated rings. The standard InChI is InChI=1S/C18H23N5/c1-5-23(6-2)15(4)21-11-12-22-18(9-10-19)16-7-8-17(20)14(3)13-16/h7-13,19-20H,3-6H2,1-2H3/b18-9-,19-10?,20-17?,21-11?,22-12?. The van der Waals surface area contributed by atoms with Gasteiger partial charge in [-0.3, -0.25) is 4.99 Å². The van der Waals surface area contributed by atoms with Gasteiger partial charge in [-0.1, -0.05) is 19.2 Å². The van der Waals surface area contributed by atoms with Crippen LogP contribution in [0.25, 0.3) is 0 Å². The molecule has 5 heteroatoms. The van der Waals surface area contributed by atoms with Gasteiger partial charge in [0.05, 0.1) is 11.4 Å². The highest BCUT2D eigenvalue weighted by molar-refractivity contribution is 6.17. The molecule has 1 rings (SSSR count). The van der Waals surface area contributed by atoms with Gasteiger partial charge in [0, 0.05) is 37.3 Å². The first-order chi connectivity index (χ1) is 11.0. The number of nitrogens with one attached hydrogen (secondary N) is 2. The largest absolute Gasteiger partial charge is 0.358 e. The maximum Gasteiger partial charge on any atom is 0.121 e. The van der Waals surface area contributed by atoms with Crippen molar-refractivity contribution < 1.29 is 0 Å². The zero-order valence-electron chi connectivity index (χ0n) is 13.7. The first kappa shape index (κ1) is 18.2. The summed E-state index contributed by atoms with van der Waals surface area (Å²) >= 11 is 0. The highest BCUT2D eigenvalue weighted by Gasteiger charge is 2.07. The highest BCUT2D eigenvalue weighted by Crippen LogP contribution is 2.19. The predicted octanol–water partition coefficient (Wildman–Crippen LogP) is 3.55. The van der Waals surface area contributed by atoms with E-state index in [2.05, 4.69) is 37.0 Å². The van der Waals surface area contributed by atoms with Crippen molar-refractivity contribution in [2.24, 2.45) is 9.98 Å². The van der Waals surface area contributed by atoms with Gasteiger partial charge in [0.2, 0.25) is 0 Å². The minimum atomic E-state index is 0.379. The number of aliphatic imine (C=N–C) groups is 2. The van der Waals surface area contributed by atoms with Gasteiger partial charge in [-0.15, -0.1) is 0 Å². The third-order valence-corrected chi connectivity index (χ3v) is 3.27. The summed E-state index contributed by atoms with van der Waals surface area (Å²) in [6.07, 6.45) is 11.2. The molecule has 0 unspecified atom stereocenters. The molecule has 1 aliphatic carbocycles. The Balaban J connectivity index is 2.84. The average Bonchev–Trinajstić information content (AvgIpc) is 2.54. The van der Waals surface area contributed by atoms with E-state index in [0.29, 0.717) is 22.8 Å². The Hall–Kier alpha value is -2.82. The minimum absolute atomic E-state index is 0.379. The minimum Gasteiger partial charge on any atom is -0.358 e. The third kappa shape index (κ3) is 5.47. The normalized spacial score (nSPS) is 15.4. The second kappa shape index (κ2) is 9.25. The lowest BCUT2D eigenvalue weighted by Gasteiger charge is -2.19. The monoisotopic (exact) mass is 309 g/mol. The van der Waals surface area contributed by atoms with Gasteiger partial charge < -0.3 is 15.7 Å². The summed E-state index contributed by atoms with van der Waals surface area (Å²) in [6.45, 7) is 13.5. The zero-order valence-corrected chi connectivity index (χ0v) is 13.7. The Morgan fingerprint density at radius 2 is 1.87 bits per heavy atom. The number of rotatable bonds is 8. The Morgan fingerprint density at radius 1 is 1.22 bits per heavy atom. The Bertz CT molecular complexity index is 640. The van der Waals surface area contributed by atoms with Crippen molar-refractivity contribution in [1.82, 2.24) is 4.90 Å². The number of allylic oxidation sites excluding steroid dienone is 5. The number of hydrogen-bond acceptors (Lipinski definition) is 5. The van der Waals surface area contributed by atoms with Gasteiger partial charge in [0.25, 0.3) is 0 Å². The third-order valence-electron chi connectivity index (χ3n) is 3.27. The quantitative estimate of drug-likeness (QED) is 0.661. The molecule has 0 aromatic heterocycles. The zero-order chi connectivity index (χ0) is 17.2. The molecule has 0 aromatic rings. The Morgan fingerprint density at radius 3 is 2.43 bits per heavy atom. The van der Waals surface area contributed by atoms with Crippen LogP contribution < -0.4 is 0 Å². The van der Waals surface area contributed by atoms with Crippen LogP contribution in [0.5, 0.6) is 0 Å². The van der Waals surface area contributed by atoms with Gasteiger partial charge in [0.15, 0.2) is 0 Å². The van der Waals surface area contributed by atoms with E-state index in [1.807, 2.05) is 4.90 Å². The molecule has 2 N–H and O–H groups in total. The van der Waals surface area contributed by atoms with E-state index in [-0.39, 0.29) is 0 Å². The fraction of sp³-hybridized carbons (Fsp3) is 0.222. The molecular formula is C18H23N5. The fourth-order valence-corrected chi connectivity index (χ4v) is 1.95. The molecule has 0 saturated carbocycles. The second-order valence-electron chi connectivity index (χ2n) is 4.74. The van der Waals surface area contributed by atoms with Crippen LogP contribution in [0.4, 0.5) is 0 Å². The van der Waals surface area contributed by atoms with Gasteiger partial charge in [-0.05, 0) is 37.6 Å². The SMILES string of the molecule is C=C1C=C(/C(=C/C=N)N=CC=NC(=C)N(CC)CC)C=CC1=N. The van der Waals surface area contributed by atoms with Crippen LogP contribution in [0.3, 0.4) is 0 Å². The molecule has 0 radical (unpaired) electrons. The van der Waals surface area contributed by atoms with Crippen molar-refractivity contribution in [2.45, 2.75) is 13.8 Å². The van der Waals surface area contributed by atoms with Crippen LogP contribution in [0.1, 0.15) is 13.8 Å². The molecule has 0 aliphatic heterocycles. The molecule has 0 bridgehead atoms. The lowest BCUT2D eigenvalue weighted by molar-refractivity contribution is 0.381. The van der Waals surface area contributed by atoms with Gasteiger partial charge in [0.1, 0.15) is 5.82 Å². The second-order valence-corrected chi connectivity index (χ2v) is 4.74. The highest BCUT2D eigenvalue weighted by atomic mass is 15.2. The van der Waals surface area contributed by atoms with E-state index in [1.165, 1.54) is 6.21 Å². The van der Waals surface area contributed by atoms with Crippen molar-refractivity contribution in [3.8, 4) is 0 Å². The predicted molar refractivity (Wildman–Crippen MR) is 100 cm³/mol. The summed E-state index contributed by atoms with van der Waals surface area (Å²) in [6, 6.07) is 0. The van der Waals surface area contributed by atoms with Crippen molar-refractivity contribution in [2.75, 3.05) is 13.1 Å². The van der Waals surface area contributed by atoms with Gasteiger partial charge in [-0.25, -0.2) is 4.99 Å². The van der Waals surface area contributed by atoms with E-state index in [4.69, 9.17) is 10.8 Å². The lowest BCUT2D eigenvalue weighted by Crippen LogP contribution is -2.20. The molecule has 0 atom stereocenters. The van der Waals surface area contributed by atoms with Crippen LogP contribution in [0.15, 0.2) is 70.1 Å². The maximum atomic E-state index is 7.65. The first-order valence-corrected chi connectivity index (χ1v) is 7.42.